The number of nitro benzene ring substituents is 1. The maximum Gasteiger partial charge on any atom is 0.292 e. The molecule has 1 aromatic carbocycles. The molecule has 1 heterocycles. The highest BCUT2D eigenvalue weighted by Crippen LogP contribution is 2.22. The number of nitrogens with two attached hydrogens (primary N) is 1. The van der Waals surface area contributed by atoms with E-state index in [4.69, 9.17) is 5.73 Å². The Bertz CT molecular complexity index is 673. The fourth-order valence-corrected chi connectivity index (χ4v) is 1.48. The van der Waals surface area contributed by atoms with E-state index in [1.54, 1.807) is 0 Å². The Morgan fingerprint density at radius 2 is 2.10 bits per heavy atom. The maximum absolute atomic E-state index is 12.7. The summed E-state index contributed by atoms with van der Waals surface area (Å²) in [5, 5.41) is 13.1. The van der Waals surface area contributed by atoms with Crippen molar-refractivity contribution in [2.24, 2.45) is 0 Å². The molecule has 8 heteroatoms. The molecule has 3 N–H and O–H groups in total. The van der Waals surface area contributed by atoms with E-state index in [1.165, 1.54) is 18.2 Å². The molecule has 0 atom stereocenters. The first-order valence-electron chi connectivity index (χ1n) is 5.44. The smallest absolute Gasteiger partial charge is 0.292 e. The number of amides is 1. The number of carbonyl (C=O) groups excluding carboxylic acids is 1. The van der Waals surface area contributed by atoms with Crippen molar-refractivity contribution >= 4 is 23.1 Å². The van der Waals surface area contributed by atoms with E-state index < -0.39 is 16.6 Å². The second kappa shape index (κ2) is 5.31. The van der Waals surface area contributed by atoms with Crippen LogP contribution in [0.4, 0.5) is 21.6 Å². The van der Waals surface area contributed by atoms with Crippen LogP contribution in [-0.4, -0.2) is 15.8 Å². The van der Waals surface area contributed by atoms with Crippen LogP contribution in [0.3, 0.4) is 0 Å². The van der Waals surface area contributed by atoms with Crippen LogP contribution in [0, 0.1) is 15.9 Å². The van der Waals surface area contributed by atoms with Crippen LogP contribution in [-0.2, 0) is 0 Å². The number of nitro groups is 1. The van der Waals surface area contributed by atoms with Crippen LogP contribution in [0.25, 0.3) is 0 Å². The standard InChI is InChI=1S/C12H9FN4O3/c13-8-2-4-11(15-6-8)16-12(18)7-1-3-9(14)10(5-7)17(19)20/h1-6H,14H2,(H,15,16,18). The first-order valence-corrected chi connectivity index (χ1v) is 5.44. The van der Waals surface area contributed by atoms with E-state index in [9.17, 15) is 19.3 Å². The molecule has 0 radical (unpaired) electrons. The molecule has 0 aliphatic rings. The largest absolute Gasteiger partial charge is 0.393 e. The van der Waals surface area contributed by atoms with Crippen LogP contribution < -0.4 is 11.1 Å². The number of nitrogen functional groups attached to an aromatic ring is 1. The van der Waals surface area contributed by atoms with Crippen LogP contribution in [0.15, 0.2) is 36.5 Å². The van der Waals surface area contributed by atoms with Crippen molar-refractivity contribution in [1.29, 1.82) is 0 Å². The summed E-state index contributed by atoms with van der Waals surface area (Å²) in [6, 6.07) is 6.09. The quantitative estimate of drug-likeness (QED) is 0.505. The van der Waals surface area contributed by atoms with Crippen molar-refractivity contribution in [2.75, 3.05) is 11.1 Å². The van der Waals surface area contributed by atoms with Gasteiger partial charge in [-0.05, 0) is 24.3 Å². The van der Waals surface area contributed by atoms with Gasteiger partial charge >= 0.3 is 0 Å². The SMILES string of the molecule is Nc1ccc(C(=O)Nc2ccc(F)cn2)cc1[N+](=O)[O-]. The van der Waals surface area contributed by atoms with E-state index in [1.807, 2.05) is 0 Å². The summed E-state index contributed by atoms with van der Waals surface area (Å²) >= 11 is 0. The van der Waals surface area contributed by atoms with Gasteiger partial charge in [-0.15, -0.1) is 0 Å². The van der Waals surface area contributed by atoms with Gasteiger partial charge in [-0.25, -0.2) is 9.37 Å². The Morgan fingerprint density at radius 1 is 1.35 bits per heavy atom. The van der Waals surface area contributed by atoms with Gasteiger partial charge in [0.1, 0.15) is 17.3 Å². The van der Waals surface area contributed by atoms with Gasteiger partial charge < -0.3 is 11.1 Å². The van der Waals surface area contributed by atoms with Gasteiger partial charge in [-0.2, -0.15) is 0 Å². The van der Waals surface area contributed by atoms with Crippen LogP contribution >= 0.6 is 0 Å². The molecule has 1 aromatic heterocycles. The van der Waals surface area contributed by atoms with Gasteiger partial charge in [0.15, 0.2) is 0 Å². The molecule has 2 rings (SSSR count). The average molecular weight is 276 g/mol. The van der Waals surface area contributed by atoms with Gasteiger partial charge in [0.2, 0.25) is 0 Å². The third-order valence-electron chi connectivity index (χ3n) is 2.46. The zero-order chi connectivity index (χ0) is 14.7. The molecule has 0 spiro atoms. The number of nitrogens with zero attached hydrogens (tertiary/aromatic N) is 2. The van der Waals surface area contributed by atoms with E-state index in [0.717, 1.165) is 18.3 Å². The van der Waals surface area contributed by atoms with E-state index in [-0.39, 0.29) is 22.8 Å². The third kappa shape index (κ3) is 2.86. The molecule has 0 bridgehead atoms. The summed E-state index contributed by atoms with van der Waals surface area (Å²) in [5.41, 5.74) is 5.09. The molecule has 0 saturated carbocycles. The summed E-state index contributed by atoms with van der Waals surface area (Å²) in [5.74, 6) is -1.01. The van der Waals surface area contributed by atoms with Crippen molar-refractivity contribution in [3.8, 4) is 0 Å². The van der Waals surface area contributed by atoms with Crippen LogP contribution in [0.5, 0.6) is 0 Å². The minimum atomic E-state index is -0.678. The Kier molecular flexibility index (Phi) is 3.56. The number of anilines is 2. The minimum absolute atomic E-state index is 0.0357. The summed E-state index contributed by atoms with van der Waals surface area (Å²) in [7, 11) is 0. The lowest BCUT2D eigenvalue weighted by molar-refractivity contribution is -0.383. The molecule has 0 aliphatic heterocycles. The number of pyridine rings is 1. The van der Waals surface area contributed by atoms with Gasteiger partial charge in [0.05, 0.1) is 11.1 Å². The first-order chi connectivity index (χ1) is 9.47. The highest BCUT2D eigenvalue weighted by molar-refractivity contribution is 6.04. The lowest BCUT2D eigenvalue weighted by Crippen LogP contribution is -2.13. The highest BCUT2D eigenvalue weighted by Gasteiger charge is 2.16. The van der Waals surface area contributed by atoms with Crippen molar-refractivity contribution in [3.05, 3.63) is 58.0 Å². The number of rotatable bonds is 3. The molecule has 0 saturated heterocycles. The Morgan fingerprint density at radius 3 is 2.70 bits per heavy atom. The van der Waals surface area contributed by atoms with Crippen molar-refractivity contribution < 1.29 is 14.1 Å². The van der Waals surface area contributed by atoms with Gasteiger partial charge in [-0.1, -0.05) is 0 Å². The molecule has 0 unspecified atom stereocenters. The molecule has 2 aromatic rings. The molecule has 102 valence electrons. The molecule has 0 fully saturated rings. The second-order valence-corrected chi connectivity index (χ2v) is 3.85. The average Bonchev–Trinajstić information content (AvgIpc) is 2.41. The molecular formula is C12H9FN4O3. The van der Waals surface area contributed by atoms with Gasteiger partial charge in [-0.3, -0.25) is 14.9 Å². The number of hydrogen-bond acceptors (Lipinski definition) is 5. The topological polar surface area (TPSA) is 111 Å². The fourth-order valence-electron chi connectivity index (χ4n) is 1.48. The lowest BCUT2D eigenvalue weighted by atomic mass is 10.1. The number of benzene rings is 1. The summed E-state index contributed by atoms with van der Waals surface area (Å²) in [6.45, 7) is 0. The van der Waals surface area contributed by atoms with Crippen LogP contribution in [0.1, 0.15) is 10.4 Å². The van der Waals surface area contributed by atoms with Crippen molar-refractivity contribution in [2.45, 2.75) is 0 Å². The Hall–Kier alpha value is -3.03. The number of halogens is 1. The lowest BCUT2D eigenvalue weighted by Gasteiger charge is -2.05. The zero-order valence-corrected chi connectivity index (χ0v) is 10.0. The summed E-state index contributed by atoms with van der Waals surface area (Å²) in [4.78, 5) is 25.6. The Balaban J connectivity index is 2.23. The predicted octanol–water partition coefficient (Wildman–Crippen LogP) is 1.96. The van der Waals surface area contributed by atoms with Gasteiger partial charge in [0, 0.05) is 11.6 Å². The molecule has 7 nitrogen and oxygen atoms in total. The van der Waals surface area contributed by atoms with Crippen molar-refractivity contribution in [1.82, 2.24) is 4.98 Å². The fraction of sp³-hybridized carbons (Fsp3) is 0. The van der Waals surface area contributed by atoms with Gasteiger partial charge in [0.25, 0.3) is 11.6 Å². The van der Waals surface area contributed by atoms with Crippen LogP contribution in [0.2, 0.25) is 0 Å². The predicted molar refractivity (Wildman–Crippen MR) is 69.7 cm³/mol. The van der Waals surface area contributed by atoms with E-state index in [2.05, 4.69) is 10.3 Å². The maximum atomic E-state index is 12.7. The number of nitrogens with one attached hydrogen (secondary N) is 1. The van der Waals surface area contributed by atoms with E-state index in [0.29, 0.717) is 0 Å². The molecule has 0 aliphatic carbocycles. The zero-order valence-electron chi connectivity index (χ0n) is 10.0. The summed E-state index contributed by atoms with van der Waals surface area (Å²) in [6.07, 6.45) is 0.945. The number of aromatic nitrogens is 1. The second-order valence-electron chi connectivity index (χ2n) is 3.85. The van der Waals surface area contributed by atoms with Crippen molar-refractivity contribution in [3.63, 3.8) is 0 Å². The summed E-state index contributed by atoms with van der Waals surface area (Å²) < 4.78 is 12.7. The normalized spacial score (nSPS) is 10.1. The molecule has 20 heavy (non-hydrogen) atoms. The minimum Gasteiger partial charge on any atom is -0.393 e. The molecular weight excluding hydrogens is 267 g/mol. The van der Waals surface area contributed by atoms with E-state index >= 15 is 0 Å². The molecule has 1 amide bonds. The number of carbonyl (C=O) groups is 1. The monoisotopic (exact) mass is 276 g/mol. The third-order valence-corrected chi connectivity index (χ3v) is 2.46. The Labute approximate surface area is 112 Å². The number of hydrogen-bond donors (Lipinski definition) is 2. The first kappa shape index (κ1) is 13.4. The highest BCUT2D eigenvalue weighted by atomic mass is 19.1.